The number of benzene rings is 2. The van der Waals surface area contributed by atoms with Crippen molar-refractivity contribution in [2.45, 2.75) is 30.8 Å². The number of aromatic nitrogens is 2. The minimum atomic E-state index is -1.39. The van der Waals surface area contributed by atoms with E-state index in [0.29, 0.717) is 41.1 Å². The molecule has 0 radical (unpaired) electrons. The van der Waals surface area contributed by atoms with E-state index in [1.54, 1.807) is 6.20 Å². The van der Waals surface area contributed by atoms with Gasteiger partial charge in [-0.25, -0.2) is 9.19 Å². The Kier molecular flexibility index (Phi) is 5.99. The van der Waals surface area contributed by atoms with Crippen LogP contribution < -0.4 is 4.72 Å². The first-order valence-electron chi connectivity index (χ1n) is 10.3. The summed E-state index contributed by atoms with van der Waals surface area (Å²) in [6.07, 6.45) is 4.90. The number of rotatable bonds is 6. The van der Waals surface area contributed by atoms with Gasteiger partial charge in [0.15, 0.2) is 16.1 Å². The van der Waals surface area contributed by atoms with Crippen LogP contribution >= 0.6 is 22.9 Å². The second-order valence-corrected chi connectivity index (χ2v) is 10.2. The zero-order valence-corrected chi connectivity index (χ0v) is 19.6. The third-order valence-electron chi connectivity index (χ3n) is 5.67. The Morgan fingerprint density at radius 3 is 2.94 bits per heavy atom. The Bertz CT molecular complexity index is 1300. The number of nitrogens with zero attached hydrogens (tertiary/aromatic N) is 3. The van der Waals surface area contributed by atoms with Gasteiger partial charge in [-0.1, -0.05) is 17.7 Å². The van der Waals surface area contributed by atoms with E-state index in [-0.39, 0.29) is 5.91 Å². The van der Waals surface area contributed by atoms with Gasteiger partial charge in [-0.15, -0.1) is 11.3 Å². The fraction of sp³-hybridized carbons (Fsp3) is 0.217. The fourth-order valence-corrected chi connectivity index (χ4v) is 5.76. The molecular weight excluding hydrogens is 464 g/mol. The molecule has 164 valence electrons. The molecule has 0 saturated heterocycles. The van der Waals surface area contributed by atoms with Gasteiger partial charge in [0.25, 0.3) is 0 Å². The molecule has 1 atom stereocenters. The first-order chi connectivity index (χ1) is 15.6. The van der Waals surface area contributed by atoms with Crippen molar-refractivity contribution in [3.63, 3.8) is 0 Å². The molecule has 1 aliphatic rings. The Balaban J connectivity index is 1.24. The average molecular weight is 485 g/mol. The molecule has 0 fully saturated rings. The molecule has 2 aromatic heterocycles. The molecule has 1 aliphatic heterocycles. The lowest BCUT2D eigenvalue weighted by atomic mass is 9.99. The average Bonchev–Trinajstić information content (AvgIpc) is 3.46. The zero-order chi connectivity index (χ0) is 22.1. The number of halogens is 1. The maximum atomic E-state index is 12.9. The molecule has 1 unspecified atom stereocenters. The smallest absolute Gasteiger partial charge is 0.224 e. The van der Waals surface area contributed by atoms with Gasteiger partial charge in [0.05, 0.1) is 4.90 Å². The second kappa shape index (κ2) is 9.05. The normalized spacial score (nSPS) is 14.3. The Labute approximate surface area is 197 Å². The topological polar surface area (TPSA) is 67.2 Å². The van der Waals surface area contributed by atoms with Gasteiger partial charge in [-0.05, 0) is 53.9 Å². The number of carbonyl (C=O) groups is 1. The van der Waals surface area contributed by atoms with E-state index in [9.17, 15) is 9.00 Å². The van der Waals surface area contributed by atoms with Gasteiger partial charge in [-0.3, -0.25) is 9.52 Å². The maximum absolute atomic E-state index is 12.9. The van der Waals surface area contributed by atoms with Crippen LogP contribution in [-0.4, -0.2) is 31.1 Å². The van der Waals surface area contributed by atoms with Crippen LogP contribution in [0.3, 0.4) is 0 Å². The number of amides is 1. The maximum Gasteiger partial charge on any atom is 0.224 e. The molecule has 1 amide bonds. The molecule has 3 heterocycles. The van der Waals surface area contributed by atoms with E-state index < -0.39 is 11.0 Å². The summed E-state index contributed by atoms with van der Waals surface area (Å²) in [4.78, 5) is 19.6. The number of nitrogens with one attached hydrogen (secondary N) is 1. The van der Waals surface area contributed by atoms with Crippen molar-refractivity contribution in [2.75, 3.05) is 11.3 Å². The lowest BCUT2D eigenvalue weighted by molar-refractivity contribution is -0.132. The summed E-state index contributed by atoms with van der Waals surface area (Å²) in [7, 11) is -1.39. The SMILES string of the molecule is O=C(CCn1ccc2cc(Cl)ccc21)N1CCc2ccc(S(=O)Nc3nccs3)cc2C1. The number of hydrogen-bond donors (Lipinski definition) is 1. The fourth-order valence-electron chi connectivity index (χ4n) is 4.01. The summed E-state index contributed by atoms with van der Waals surface area (Å²) >= 11 is 7.48. The van der Waals surface area contributed by atoms with Crippen LogP contribution in [0.2, 0.25) is 5.02 Å². The van der Waals surface area contributed by atoms with Gasteiger partial charge in [-0.2, -0.15) is 0 Å². The molecule has 5 rings (SSSR count). The van der Waals surface area contributed by atoms with E-state index >= 15 is 0 Å². The second-order valence-electron chi connectivity index (χ2n) is 7.67. The van der Waals surface area contributed by atoms with E-state index in [2.05, 4.69) is 14.3 Å². The van der Waals surface area contributed by atoms with Crippen LogP contribution in [0.25, 0.3) is 10.9 Å². The summed E-state index contributed by atoms with van der Waals surface area (Å²) in [5, 5.41) is 4.24. The largest absolute Gasteiger partial charge is 0.347 e. The summed E-state index contributed by atoms with van der Waals surface area (Å²) in [5.74, 6) is 0.124. The minimum absolute atomic E-state index is 0.124. The van der Waals surface area contributed by atoms with Gasteiger partial charge in [0.1, 0.15) is 0 Å². The summed E-state index contributed by atoms with van der Waals surface area (Å²) in [6.45, 7) is 1.86. The van der Waals surface area contributed by atoms with E-state index in [1.165, 1.54) is 16.9 Å². The highest BCUT2D eigenvalue weighted by Gasteiger charge is 2.22. The van der Waals surface area contributed by atoms with Crippen molar-refractivity contribution < 1.29 is 9.00 Å². The molecule has 0 saturated carbocycles. The lowest BCUT2D eigenvalue weighted by Crippen LogP contribution is -2.36. The van der Waals surface area contributed by atoms with Gasteiger partial charge >= 0.3 is 0 Å². The van der Waals surface area contributed by atoms with Crippen molar-refractivity contribution in [2.24, 2.45) is 0 Å². The Morgan fingerprint density at radius 1 is 1.19 bits per heavy atom. The molecular formula is C23H21ClN4O2S2. The molecule has 0 aliphatic carbocycles. The predicted molar refractivity (Wildman–Crippen MR) is 129 cm³/mol. The van der Waals surface area contributed by atoms with Crippen molar-refractivity contribution >= 4 is 55.9 Å². The summed E-state index contributed by atoms with van der Waals surface area (Å²) in [5.41, 5.74) is 3.33. The zero-order valence-electron chi connectivity index (χ0n) is 17.2. The standard InChI is InChI=1S/C23H21ClN4O2S2/c24-19-2-4-21-17(13-19)6-9-27(21)11-7-22(29)28-10-5-16-1-3-20(14-18(16)15-28)32(30)26-23-25-8-12-31-23/h1-4,6,8-9,12-14H,5,7,10-11,15H2,(H,25,26). The van der Waals surface area contributed by atoms with Crippen molar-refractivity contribution in [3.8, 4) is 0 Å². The number of hydrogen-bond acceptors (Lipinski definition) is 4. The summed E-state index contributed by atoms with van der Waals surface area (Å²) < 4.78 is 17.7. The van der Waals surface area contributed by atoms with Crippen LogP contribution in [0.1, 0.15) is 17.5 Å². The van der Waals surface area contributed by atoms with Gasteiger partial charge in [0, 0.05) is 59.8 Å². The number of carbonyl (C=O) groups excluding carboxylic acids is 1. The minimum Gasteiger partial charge on any atom is -0.347 e. The van der Waals surface area contributed by atoms with E-state index in [1.807, 2.05) is 58.9 Å². The highest BCUT2D eigenvalue weighted by atomic mass is 35.5. The van der Waals surface area contributed by atoms with E-state index in [4.69, 9.17) is 11.6 Å². The molecule has 1 N–H and O–H groups in total. The van der Waals surface area contributed by atoms with Crippen LogP contribution in [-0.2, 0) is 35.3 Å². The van der Waals surface area contributed by atoms with Crippen molar-refractivity contribution in [3.05, 3.63) is 76.4 Å². The predicted octanol–water partition coefficient (Wildman–Crippen LogP) is 4.86. The molecule has 0 bridgehead atoms. The van der Waals surface area contributed by atoms with E-state index in [0.717, 1.165) is 22.9 Å². The third-order valence-corrected chi connectivity index (χ3v) is 7.78. The van der Waals surface area contributed by atoms with Crippen molar-refractivity contribution in [1.82, 2.24) is 14.5 Å². The summed E-state index contributed by atoms with van der Waals surface area (Å²) in [6, 6.07) is 13.7. The van der Waals surface area contributed by atoms with Gasteiger partial charge < -0.3 is 9.47 Å². The number of fused-ring (bicyclic) bond motifs is 2. The van der Waals surface area contributed by atoms with Gasteiger partial charge in [0.2, 0.25) is 5.91 Å². The highest BCUT2D eigenvalue weighted by Crippen LogP contribution is 2.24. The Hall–Kier alpha value is -2.68. The molecule has 32 heavy (non-hydrogen) atoms. The van der Waals surface area contributed by atoms with Crippen LogP contribution in [0.5, 0.6) is 0 Å². The first-order valence-corrected chi connectivity index (χ1v) is 12.7. The third kappa shape index (κ3) is 4.44. The van der Waals surface area contributed by atoms with Crippen LogP contribution in [0, 0.1) is 0 Å². The van der Waals surface area contributed by atoms with Crippen molar-refractivity contribution in [1.29, 1.82) is 0 Å². The molecule has 6 nitrogen and oxygen atoms in total. The number of anilines is 1. The first kappa shape index (κ1) is 21.2. The monoisotopic (exact) mass is 484 g/mol. The number of aryl methyl sites for hydroxylation is 1. The molecule has 4 aromatic rings. The lowest BCUT2D eigenvalue weighted by Gasteiger charge is -2.29. The highest BCUT2D eigenvalue weighted by molar-refractivity contribution is 7.86. The Morgan fingerprint density at radius 2 is 2.09 bits per heavy atom. The molecule has 0 spiro atoms. The molecule has 9 heteroatoms. The number of thiazole rings is 1. The van der Waals surface area contributed by atoms with Crippen LogP contribution in [0.15, 0.2) is 65.1 Å². The molecule has 2 aromatic carbocycles. The quantitative estimate of drug-likeness (QED) is 0.425. The van der Waals surface area contributed by atoms with Crippen LogP contribution in [0.4, 0.5) is 5.13 Å².